The molecule has 0 aliphatic carbocycles. The number of carbonyl (C=O) groups excluding carboxylic acids is 1. The molecule has 0 spiro atoms. The molecule has 0 unspecified atom stereocenters. The lowest BCUT2D eigenvalue weighted by Crippen LogP contribution is -2.30. The van der Waals surface area contributed by atoms with Gasteiger partial charge in [-0.15, -0.1) is 21.5 Å². The van der Waals surface area contributed by atoms with Gasteiger partial charge in [-0.05, 0) is 30.5 Å². The van der Waals surface area contributed by atoms with E-state index in [0.717, 1.165) is 15.0 Å². The van der Waals surface area contributed by atoms with Crippen LogP contribution in [0.4, 0.5) is 5.13 Å². The highest BCUT2D eigenvalue weighted by atomic mass is 32.2. The summed E-state index contributed by atoms with van der Waals surface area (Å²) in [5.74, 6) is 0.828. The summed E-state index contributed by atoms with van der Waals surface area (Å²) >= 11 is 4.46. The number of carbonyl (C=O) groups is 1. The van der Waals surface area contributed by atoms with Gasteiger partial charge in [-0.25, -0.2) is 0 Å². The Kier molecular flexibility index (Phi) is 5.89. The van der Waals surface area contributed by atoms with Crippen LogP contribution in [0.25, 0.3) is 0 Å². The van der Waals surface area contributed by atoms with Crippen molar-refractivity contribution in [2.45, 2.75) is 29.6 Å². The van der Waals surface area contributed by atoms with E-state index in [-0.39, 0.29) is 11.2 Å². The molecule has 6 nitrogen and oxygen atoms in total. The maximum Gasteiger partial charge on any atom is 0.233 e. The molecule has 0 bridgehead atoms. The third kappa shape index (κ3) is 4.83. The van der Waals surface area contributed by atoms with Crippen molar-refractivity contribution in [1.82, 2.24) is 15.5 Å². The van der Waals surface area contributed by atoms with Gasteiger partial charge in [0.1, 0.15) is 5.76 Å². The van der Waals surface area contributed by atoms with Gasteiger partial charge in [0.05, 0.1) is 24.6 Å². The lowest BCUT2D eigenvalue weighted by Gasteiger charge is -2.09. The number of rotatable bonds is 8. The third-order valence-electron chi connectivity index (χ3n) is 3.06. The fourth-order valence-corrected chi connectivity index (χ4v) is 4.40. The quantitative estimate of drug-likeness (QED) is 0.581. The van der Waals surface area contributed by atoms with E-state index < -0.39 is 0 Å². The number of nitrogens with zero attached hydrogens (tertiary/aromatic N) is 2. The van der Waals surface area contributed by atoms with Gasteiger partial charge in [0.2, 0.25) is 11.0 Å². The summed E-state index contributed by atoms with van der Waals surface area (Å²) < 4.78 is 6.01. The lowest BCUT2D eigenvalue weighted by atomic mass is 10.4. The average molecular weight is 381 g/mol. The predicted octanol–water partition coefficient (Wildman–Crippen LogP) is 3.60. The van der Waals surface area contributed by atoms with Gasteiger partial charge >= 0.3 is 0 Å². The molecule has 126 valence electrons. The minimum Gasteiger partial charge on any atom is -0.467 e. The first-order valence-electron chi connectivity index (χ1n) is 7.27. The lowest BCUT2D eigenvalue weighted by molar-refractivity contribution is -0.120. The maximum absolute atomic E-state index is 12.1. The molecule has 1 atom stereocenters. The van der Waals surface area contributed by atoms with Gasteiger partial charge in [0.25, 0.3) is 0 Å². The van der Waals surface area contributed by atoms with Crippen LogP contribution in [0.15, 0.2) is 44.7 Å². The van der Waals surface area contributed by atoms with Gasteiger partial charge in [-0.3, -0.25) is 4.79 Å². The summed E-state index contributed by atoms with van der Waals surface area (Å²) in [6.45, 7) is 2.99. The summed E-state index contributed by atoms with van der Waals surface area (Å²) in [6.07, 6.45) is 1.63. The van der Waals surface area contributed by atoms with E-state index in [1.54, 1.807) is 17.6 Å². The van der Waals surface area contributed by atoms with Crippen LogP contribution in [0.5, 0.6) is 0 Å². The van der Waals surface area contributed by atoms with E-state index in [9.17, 15) is 4.79 Å². The number of furan rings is 1. The Hall–Kier alpha value is -1.84. The molecule has 9 heteroatoms. The maximum atomic E-state index is 12.1. The highest BCUT2D eigenvalue weighted by Gasteiger charge is 2.17. The minimum atomic E-state index is -0.226. The van der Waals surface area contributed by atoms with E-state index in [1.165, 1.54) is 23.1 Å². The summed E-state index contributed by atoms with van der Waals surface area (Å²) in [6, 6.07) is 7.71. The number of thiophene rings is 1. The highest BCUT2D eigenvalue weighted by molar-refractivity contribution is 8.02. The van der Waals surface area contributed by atoms with Gasteiger partial charge in [0.15, 0.2) is 4.34 Å². The van der Waals surface area contributed by atoms with Crippen molar-refractivity contribution in [3.63, 3.8) is 0 Å². The van der Waals surface area contributed by atoms with Crippen LogP contribution in [-0.4, -0.2) is 21.4 Å². The van der Waals surface area contributed by atoms with E-state index in [0.29, 0.717) is 18.2 Å². The van der Waals surface area contributed by atoms with Crippen molar-refractivity contribution >= 4 is 45.5 Å². The molecule has 0 radical (unpaired) electrons. The van der Waals surface area contributed by atoms with Crippen LogP contribution in [0.2, 0.25) is 0 Å². The molecule has 3 aromatic rings. The Balaban J connectivity index is 1.45. The molecule has 3 heterocycles. The second-order valence-corrected chi connectivity index (χ2v) is 8.46. The number of hydrogen-bond acceptors (Lipinski definition) is 8. The zero-order chi connectivity index (χ0) is 16.8. The van der Waals surface area contributed by atoms with Crippen molar-refractivity contribution in [2.24, 2.45) is 0 Å². The molecule has 0 fully saturated rings. The van der Waals surface area contributed by atoms with Gasteiger partial charge in [-0.1, -0.05) is 29.2 Å². The predicted molar refractivity (Wildman–Crippen MR) is 97.4 cm³/mol. The summed E-state index contributed by atoms with van der Waals surface area (Å²) in [7, 11) is 0. The molecule has 3 rings (SSSR count). The Labute approximate surface area is 151 Å². The van der Waals surface area contributed by atoms with Crippen molar-refractivity contribution in [3.8, 4) is 0 Å². The number of aromatic nitrogens is 2. The zero-order valence-corrected chi connectivity index (χ0v) is 15.3. The van der Waals surface area contributed by atoms with Gasteiger partial charge in [-0.2, -0.15) is 0 Å². The number of thioether (sulfide) groups is 1. The van der Waals surface area contributed by atoms with Crippen molar-refractivity contribution in [2.75, 3.05) is 5.32 Å². The Bertz CT molecular complexity index is 756. The van der Waals surface area contributed by atoms with Crippen LogP contribution in [-0.2, 0) is 17.9 Å². The monoisotopic (exact) mass is 380 g/mol. The third-order valence-corrected chi connectivity index (χ3v) is 6.01. The number of hydrogen-bond donors (Lipinski definition) is 2. The summed E-state index contributed by atoms with van der Waals surface area (Å²) in [5.41, 5.74) is 0. The largest absolute Gasteiger partial charge is 0.467 e. The normalized spacial score (nSPS) is 12.0. The summed E-state index contributed by atoms with van der Waals surface area (Å²) in [5, 5.41) is 16.8. The Morgan fingerprint density at radius 2 is 2.25 bits per heavy atom. The fraction of sp³-hybridized carbons (Fsp3) is 0.267. The molecule has 1 amide bonds. The number of anilines is 1. The first-order chi connectivity index (χ1) is 11.7. The number of amides is 1. The second kappa shape index (κ2) is 8.32. The van der Waals surface area contributed by atoms with Gasteiger partial charge in [0, 0.05) is 4.88 Å². The molecule has 2 N–H and O–H groups in total. The van der Waals surface area contributed by atoms with Crippen LogP contribution in [0, 0.1) is 0 Å². The fourth-order valence-electron chi connectivity index (χ4n) is 1.84. The smallest absolute Gasteiger partial charge is 0.233 e. The average Bonchev–Trinajstić information content (AvgIpc) is 3.32. The van der Waals surface area contributed by atoms with Gasteiger partial charge < -0.3 is 15.1 Å². The second-order valence-electron chi connectivity index (χ2n) is 4.86. The molecule has 3 aromatic heterocycles. The first-order valence-corrected chi connectivity index (χ1v) is 9.85. The molecule has 0 saturated heterocycles. The van der Waals surface area contributed by atoms with Crippen LogP contribution in [0.3, 0.4) is 0 Å². The van der Waals surface area contributed by atoms with E-state index in [4.69, 9.17) is 4.42 Å². The molecule has 0 aliphatic rings. The van der Waals surface area contributed by atoms with E-state index in [1.807, 2.05) is 36.6 Å². The number of nitrogens with one attached hydrogen (secondary N) is 2. The highest BCUT2D eigenvalue weighted by Crippen LogP contribution is 2.29. The van der Waals surface area contributed by atoms with Crippen molar-refractivity contribution < 1.29 is 9.21 Å². The Morgan fingerprint density at radius 3 is 3.00 bits per heavy atom. The minimum absolute atomic E-state index is 0.00584. The SMILES string of the molecule is C[C@@H](Sc1nnc(NCc2ccco2)s1)C(=O)NCc1cccs1. The molecule has 0 aromatic carbocycles. The molecule has 24 heavy (non-hydrogen) atoms. The van der Waals surface area contributed by atoms with Crippen LogP contribution < -0.4 is 10.6 Å². The van der Waals surface area contributed by atoms with E-state index >= 15 is 0 Å². The van der Waals surface area contributed by atoms with Crippen molar-refractivity contribution in [1.29, 1.82) is 0 Å². The molecule has 0 saturated carbocycles. The Morgan fingerprint density at radius 1 is 1.33 bits per heavy atom. The van der Waals surface area contributed by atoms with Crippen LogP contribution in [0.1, 0.15) is 17.6 Å². The first kappa shape index (κ1) is 17.0. The molecule has 0 aliphatic heterocycles. The molecular weight excluding hydrogens is 364 g/mol. The van der Waals surface area contributed by atoms with Crippen LogP contribution >= 0.6 is 34.4 Å². The summed E-state index contributed by atoms with van der Waals surface area (Å²) in [4.78, 5) is 13.3. The van der Waals surface area contributed by atoms with E-state index in [2.05, 4.69) is 20.8 Å². The van der Waals surface area contributed by atoms with Crippen molar-refractivity contribution in [3.05, 3.63) is 46.5 Å². The topological polar surface area (TPSA) is 80.1 Å². The standard InChI is InChI=1S/C15H16N4O2S3/c1-10(13(20)16-9-12-5-3-7-22-12)23-15-19-18-14(24-15)17-8-11-4-2-6-21-11/h2-7,10H,8-9H2,1H3,(H,16,20)(H,17,18)/t10-/m1/s1. The zero-order valence-electron chi connectivity index (χ0n) is 12.9. The molecular formula is C15H16N4O2S3.